The Labute approximate surface area is 217 Å². The summed E-state index contributed by atoms with van der Waals surface area (Å²) in [5.41, 5.74) is 0.669. The molecule has 4 rings (SSSR count). The number of likely N-dealkylation sites (tertiary alicyclic amines) is 1. The number of halogens is 3. The van der Waals surface area contributed by atoms with Crippen LogP contribution in [0.25, 0.3) is 6.08 Å². The molecule has 1 saturated heterocycles. The summed E-state index contributed by atoms with van der Waals surface area (Å²) in [6.45, 7) is 4.29. The Balaban J connectivity index is 1.38. The molecule has 13 heteroatoms. The SMILES string of the molecule is Cc1cc(CC(=O)N(C)C2CCN(C(=O)C=Cc3ccc(C(F)(F)F)cc3Cn3nnc(C)n3)CC2)on1. The molecule has 2 aromatic heterocycles. The van der Waals surface area contributed by atoms with Crippen molar-refractivity contribution in [3.05, 3.63) is 64.3 Å². The van der Waals surface area contributed by atoms with Gasteiger partial charge in [0.2, 0.25) is 11.8 Å². The summed E-state index contributed by atoms with van der Waals surface area (Å²) in [5.74, 6) is 0.565. The minimum Gasteiger partial charge on any atom is -0.361 e. The van der Waals surface area contributed by atoms with Crippen molar-refractivity contribution in [1.82, 2.24) is 35.2 Å². The number of aromatic nitrogens is 5. The molecule has 202 valence electrons. The van der Waals surface area contributed by atoms with E-state index in [4.69, 9.17) is 4.52 Å². The third-order valence-electron chi connectivity index (χ3n) is 6.46. The first-order chi connectivity index (χ1) is 18.0. The summed E-state index contributed by atoms with van der Waals surface area (Å²) >= 11 is 0. The largest absolute Gasteiger partial charge is 0.416 e. The number of piperidine rings is 1. The zero-order valence-electron chi connectivity index (χ0n) is 21.3. The number of likely N-dealkylation sites (N-methyl/N-ethyl adjacent to an activating group) is 1. The number of benzene rings is 1. The van der Waals surface area contributed by atoms with Crippen molar-refractivity contribution in [2.75, 3.05) is 20.1 Å². The highest BCUT2D eigenvalue weighted by Gasteiger charge is 2.31. The number of rotatable bonds is 7. The summed E-state index contributed by atoms with van der Waals surface area (Å²) in [5, 5.41) is 15.4. The van der Waals surface area contributed by atoms with Gasteiger partial charge in [-0.25, -0.2) is 0 Å². The van der Waals surface area contributed by atoms with Crippen molar-refractivity contribution in [3.63, 3.8) is 0 Å². The number of amides is 2. The third-order valence-corrected chi connectivity index (χ3v) is 6.46. The second-order valence-corrected chi connectivity index (χ2v) is 9.28. The van der Waals surface area contributed by atoms with Crippen molar-refractivity contribution >= 4 is 17.9 Å². The lowest BCUT2D eigenvalue weighted by Gasteiger charge is -2.36. The quantitative estimate of drug-likeness (QED) is 0.431. The van der Waals surface area contributed by atoms with Crippen molar-refractivity contribution in [2.45, 2.75) is 51.9 Å². The van der Waals surface area contributed by atoms with Crippen molar-refractivity contribution in [3.8, 4) is 0 Å². The molecule has 0 atom stereocenters. The van der Waals surface area contributed by atoms with E-state index in [1.807, 2.05) is 0 Å². The van der Waals surface area contributed by atoms with Gasteiger partial charge in [-0.15, -0.1) is 10.2 Å². The van der Waals surface area contributed by atoms with Crippen LogP contribution in [-0.4, -0.2) is 73.2 Å². The molecule has 0 N–H and O–H groups in total. The highest BCUT2D eigenvalue weighted by Crippen LogP contribution is 2.31. The van der Waals surface area contributed by atoms with Crippen LogP contribution < -0.4 is 0 Å². The molecule has 1 fully saturated rings. The molecule has 1 aliphatic heterocycles. The van der Waals surface area contributed by atoms with Gasteiger partial charge < -0.3 is 14.3 Å². The van der Waals surface area contributed by atoms with Gasteiger partial charge in [-0.3, -0.25) is 9.59 Å². The van der Waals surface area contributed by atoms with Crippen LogP contribution >= 0.6 is 0 Å². The van der Waals surface area contributed by atoms with Crippen LogP contribution in [0.1, 0.15) is 46.8 Å². The van der Waals surface area contributed by atoms with E-state index in [0.29, 0.717) is 54.3 Å². The van der Waals surface area contributed by atoms with E-state index in [1.54, 1.807) is 36.8 Å². The van der Waals surface area contributed by atoms with Crippen LogP contribution in [0.15, 0.2) is 34.9 Å². The maximum Gasteiger partial charge on any atom is 0.416 e. The Bertz CT molecular complexity index is 1320. The molecule has 1 aliphatic rings. The monoisotopic (exact) mass is 531 g/mol. The molecule has 1 aromatic carbocycles. The number of tetrazole rings is 1. The number of alkyl halides is 3. The molecule has 10 nitrogen and oxygen atoms in total. The Morgan fingerprint density at radius 3 is 2.53 bits per heavy atom. The smallest absolute Gasteiger partial charge is 0.361 e. The van der Waals surface area contributed by atoms with Gasteiger partial charge in [0, 0.05) is 38.3 Å². The molecule has 38 heavy (non-hydrogen) atoms. The molecule has 0 unspecified atom stereocenters. The van der Waals surface area contributed by atoms with Crippen LogP contribution in [0, 0.1) is 13.8 Å². The minimum absolute atomic E-state index is 0.0142. The van der Waals surface area contributed by atoms with E-state index in [2.05, 4.69) is 20.6 Å². The van der Waals surface area contributed by atoms with Gasteiger partial charge in [0.15, 0.2) is 5.82 Å². The molecule has 0 radical (unpaired) electrons. The zero-order chi connectivity index (χ0) is 27.4. The molecule has 0 saturated carbocycles. The lowest BCUT2D eigenvalue weighted by atomic mass is 10.0. The van der Waals surface area contributed by atoms with Crippen LogP contribution in [0.4, 0.5) is 13.2 Å². The molecule has 0 aliphatic carbocycles. The van der Waals surface area contributed by atoms with Gasteiger partial charge in [0.25, 0.3) is 0 Å². The first kappa shape index (κ1) is 27.0. The van der Waals surface area contributed by atoms with E-state index in [9.17, 15) is 22.8 Å². The maximum atomic E-state index is 13.3. The topological polar surface area (TPSA) is 110 Å². The number of carbonyl (C=O) groups is 2. The Morgan fingerprint density at radius 2 is 1.92 bits per heavy atom. The fraction of sp³-hybridized carbons (Fsp3) is 0.440. The molecule has 0 spiro atoms. The zero-order valence-corrected chi connectivity index (χ0v) is 21.3. The lowest BCUT2D eigenvalue weighted by Crippen LogP contribution is -2.47. The molecular formula is C25H28F3N7O3. The lowest BCUT2D eigenvalue weighted by molar-refractivity contribution is -0.137. The molecule has 3 heterocycles. The van der Waals surface area contributed by atoms with Crippen molar-refractivity contribution in [2.24, 2.45) is 0 Å². The fourth-order valence-corrected chi connectivity index (χ4v) is 4.34. The van der Waals surface area contributed by atoms with E-state index >= 15 is 0 Å². The normalized spacial score (nSPS) is 14.8. The van der Waals surface area contributed by atoms with Crippen molar-refractivity contribution in [1.29, 1.82) is 0 Å². The van der Waals surface area contributed by atoms with Crippen molar-refractivity contribution < 1.29 is 27.3 Å². The summed E-state index contributed by atoms with van der Waals surface area (Å²) in [6, 6.07) is 5.05. The molecule has 2 amide bonds. The highest BCUT2D eigenvalue weighted by molar-refractivity contribution is 5.92. The number of hydrogen-bond donors (Lipinski definition) is 0. The Kier molecular flexibility index (Phi) is 7.93. The standard InChI is InChI=1S/C25H28F3N7O3/c1-16-12-22(38-31-16)14-24(37)33(3)21-8-10-34(11-9-21)23(36)7-5-18-4-6-20(25(26,27)28)13-19(18)15-35-30-17(2)29-32-35/h4-7,12-13,21H,8-11,14-15H2,1-3H3. The molecule has 0 bridgehead atoms. The number of hydrogen-bond acceptors (Lipinski definition) is 7. The third kappa shape index (κ3) is 6.64. The predicted octanol–water partition coefficient (Wildman–Crippen LogP) is 3.05. The average Bonchev–Trinajstić information content (AvgIpc) is 3.48. The van der Waals surface area contributed by atoms with Crippen LogP contribution in [0.2, 0.25) is 0 Å². The first-order valence-corrected chi connectivity index (χ1v) is 12.1. The highest BCUT2D eigenvalue weighted by atomic mass is 19.4. The summed E-state index contributed by atoms with van der Waals surface area (Å²) in [4.78, 5) is 30.0. The van der Waals surface area contributed by atoms with Gasteiger partial charge in [0.1, 0.15) is 5.76 Å². The van der Waals surface area contributed by atoms with Crippen LogP contribution in [0.5, 0.6) is 0 Å². The van der Waals surface area contributed by atoms with Crippen LogP contribution in [0.3, 0.4) is 0 Å². The van der Waals surface area contributed by atoms with E-state index in [-0.39, 0.29) is 30.8 Å². The molecule has 3 aromatic rings. The maximum absolute atomic E-state index is 13.3. The second kappa shape index (κ2) is 11.2. The van der Waals surface area contributed by atoms with E-state index in [0.717, 1.165) is 12.1 Å². The van der Waals surface area contributed by atoms with E-state index < -0.39 is 11.7 Å². The van der Waals surface area contributed by atoms with Gasteiger partial charge in [-0.05, 0) is 61.2 Å². The summed E-state index contributed by atoms with van der Waals surface area (Å²) < 4.78 is 45.0. The summed E-state index contributed by atoms with van der Waals surface area (Å²) in [7, 11) is 1.74. The average molecular weight is 532 g/mol. The van der Waals surface area contributed by atoms with E-state index in [1.165, 1.54) is 23.0 Å². The summed E-state index contributed by atoms with van der Waals surface area (Å²) in [6.07, 6.45) is -0.306. The van der Waals surface area contributed by atoms with Gasteiger partial charge in [-0.2, -0.15) is 18.0 Å². The van der Waals surface area contributed by atoms with Gasteiger partial charge in [0.05, 0.1) is 24.2 Å². The van der Waals surface area contributed by atoms with Gasteiger partial charge >= 0.3 is 6.18 Å². The number of aryl methyl sites for hydroxylation is 2. The number of nitrogens with zero attached hydrogens (tertiary/aromatic N) is 7. The Morgan fingerprint density at radius 1 is 1.18 bits per heavy atom. The first-order valence-electron chi connectivity index (χ1n) is 12.1. The van der Waals surface area contributed by atoms with Gasteiger partial charge in [-0.1, -0.05) is 11.2 Å². The van der Waals surface area contributed by atoms with Crippen LogP contribution in [-0.2, 0) is 28.7 Å². The fourth-order valence-electron chi connectivity index (χ4n) is 4.34. The molecular weight excluding hydrogens is 503 g/mol. The second-order valence-electron chi connectivity index (χ2n) is 9.28. The minimum atomic E-state index is -4.51. The predicted molar refractivity (Wildman–Crippen MR) is 129 cm³/mol. The Hall–Kier alpha value is -4.03. The number of carbonyl (C=O) groups excluding carboxylic acids is 2.